The summed E-state index contributed by atoms with van der Waals surface area (Å²) in [5.74, 6) is -1.03. The summed E-state index contributed by atoms with van der Waals surface area (Å²) in [7, 11) is 0. The van der Waals surface area contributed by atoms with Gasteiger partial charge in [0.2, 0.25) is 5.91 Å². The van der Waals surface area contributed by atoms with Crippen LogP contribution in [-0.2, 0) is 4.79 Å². The van der Waals surface area contributed by atoms with E-state index in [0.29, 0.717) is 11.3 Å². The standard InChI is InChI=1S/C22H16F4N2O3/c23-17-12-15(7-9-19(17)31-16-4-3-11-27-13-16)8-10-21(29)28-18-5-1-2-6-20(18)30-14-22(24,25)26/h1-13H,14H2,(H,28,29)/b10-8+. The molecular formula is C22H16F4N2O3. The molecule has 0 atom stereocenters. The quantitative estimate of drug-likeness (QED) is 0.390. The summed E-state index contributed by atoms with van der Waals surface area (Å²) in [5.41, 5.74) is 0.459. The molecule has 0 saturated heterocycles. The smallest absolute Gasteiger partial charge is 0.422 e. The summed E-state index contributed by atoms with van der Waals surface area (Å²) in [6.07, 6.45) is 0.966. The van der Waals surface area contributed by atoms with Gasteiger partial charge in [-0.05, 0) is 48.0 Å². The molecule has 160 valence electrons. The maximum absolute atomic E-state index is 14.3. The highest BCUT2D eigenvalue weighted by molar-refractivity contribution is 6.02. The first-order valence-electron chi connectivity index (χ1n) is 8.95. The van der Waals surface area contributed by atoms with Crippen LogP contribution < -0.4 is 14.8 Å². The molecule has 9 heteroatoms. The SMILES string of the molecule is O=C(/C=C/c1ccc(Oc2cccnc2)c(F)c1)Nc1ccccc1OCC(F)(F)F. The van der Waals surface area contributed by atoms with Crippen LogP contribution in [0.25, 0.3) is 6.08 Å². The number of hydrogen-bond acceptors (Lipinski definition) is 4. The summed E-state index contributed by atoms with van der Waals surface area (Å²) in [4.78, 5) is 16.0. The minimum absolute atomic E-state index is 0.00894. The van der Waals surface area contributed by atoms with Gasteiger partial charge < -0.3 is 14.8 Å². The Bertz CT molecular complexity index is 1070. The molecule has 5 nitrogen and oxygen atoms in total. The second-order valence-corrected chi connectivity index (χ2v) is 6.20. The van der Waals surface area contributed by atoms with Crippen LogP contribution in [0.4, 0.5) is 23.2 Å². The fourth-order valence-electron chi connectivity index (χ4n) is 2.44. The van der Waals surface area contributed by atoms with Gasteiger partial charge in [-0.3, -0.25) is 9.78 Å². The lowest BCUT2D eigenvalue weighted by atomic mass is 10.2. The molecular weight excluding hydrogens is 416 g/mol. The molecule has 2 aromatic carbocycles. The molecule has 1 heterocycles. The van der Waals surface area contributed by atoms with Crippen LogP contribution in [0, 0.1) is 5.82 Å². The highest BCUT2D eigenvalue weighted by Gasteiger charge is 2.28. The zero-order chi connectivity index (χ0) is 22.3. The van der Waals surface area contributed by atoms with Crippen molar-refractivity contribution in [3.05, 3.63) is 84.4 Å². The van der Waals surface area contributed by atoms with E-state index in [2.05, 4.69) is 10.3 Å². The zero-order valence-corrected chi connectivity index (χ0v) is 15.9. The lowest BCUT2D eigenvalue weighted by molar-refractivity contribution is -0.153. The predicted molar refractivity (Wildman–Crippen MR) is 106 cm³/mol. The lowest BCUT2D eigenvalue weighted by Gasteiger charge is -2.13. The summed E-state index contributed by atoms with van der Waals surface area (Å²) >= 11 is 0. The van der Waals surface area contributed by atoms with E-state index in [1.165, 1.54) is 48.7 Å². The van der Waals surface area contributed by atoms with E-state index in [-0.39, 0.29) is 17.2 Å². The predicted octanol–water partition coefficient (Wildman–Crippen LogP) is 5.61. The van der Waals surface area contributed by atoms with Gasteiger partial charge in [0.1, 0.15) is 11.5 Å². The topological polar surface area (TPSA) is 60.5 Å². The number of benzene rings is 2. The number of anilines is 1. The second-order valence-electron chi connectivity index (χ2n) is 6.20. The minimum Gasteiger partial charge on any atom is -0.482 e. The molecule has 0 saturated carbocycles. The molecule has 1 amide bonds. The van der Waals surface area contributed by atoms with Gasteiger partial charge in [-0.15, -0.1) is 0 Å². The van der Waals surface area contributed by atoms with E-state index in [1.807, 2.05) is 0 Å². The highest BCUT2D eigenvalue weighted by Crippen LogP contribution is 2.27. The first kappa shape index (κ1) is 21.8. The van der Waals surface area contributed by atoms with Crippen LogP contribution in [-0.4, -0.2) is 23.7 Å². The fraction of sp³-hybridized carbons (Fsp3) is 0.0909. The van der Waals surface area contributed by atoms with Crippen LogP contribution in [0.5, 0.6) is 17.2 Å². The number of aromatic nitrogens is 1. The first-order valence-corrected chi connectivity index (χ1v) is 8.95. The highest BCUT2D eigenvalue weighted by atomic mass is 19.4. The van der Waals surface area contributed by atoms with E-state index in [0.717, 1.165) is 6.08 Å². The molecule has 1 aromatic heterocycles. The number of alkyl halides is 3. The number of carbonyl (C=O) groups excluding carboxylic acids is 1. The van der Waals surface area contributed by atoms with E-state index in [1.54, 1.807) is 24.4 Å². The number of pyridine rings is 1. The monoisotopic (exact) mass is 432 g/mol. The number of carbonyl (C=O) groups is 1. The van der Waals surface area contributed by atoms with E-state index < -0.39 is 24.5 Å². The molecule has 31 heavy (non-hydrogen) atoms. The van der Waals surface area contributed by atoms with Crippen molar-refractivity contribution in [1.82, 2.24) is 4.98 Å². The van der Waals surface area contributed by atoms with Crippen molar-refractivity contribution in [3.63, 3.8) is 0 Å². The Labute approximate surface area is 175 Å². The maximum atomic E-state index is 14.3. The molecule has 0 unspecified atom stereocenters. The van der Waals surface area contributed by atoms with Gasteiger partial charge in [-0.1, -0.05) is 18.2 Å². The van der Waals surface area contributed by atoms with Crippen molar-refractivity contribution < 1.29 is 31.8 Å². The van der Waals surface area contributed by atoms with Crippen LogP contribution in [0.2, 0.25) is 0 Å². The van der Waals surface area contributed by atoms with Gasteiger partial charge in [0.15, 0.2) is 18.2 Å². The van der Waals surface area contributed by atoms with Crippen LogP contribution >= 0.6 is 0 Å². The first-order chi connectivity index (χ1) is 14.8. The Balaban J connectivity index is 1.63. The molecule has 0 bridgehead atoms. The van der Waals surface area contributed by atoms with Crippen LogP contribution in [0.1, 0.15) is 5.56 Å². The number of amides is 1. The number of rotatable bonds is 7. The molecule has 0 aliphatic carbocycles. The van der Waals surface area contributed by atoms with Gasteiger partial charge in [0.05, 0.1) is 11.9 Å². The third-order valence-electron chi connectivity index (χ3n) is 3.78. The van der Waals surface area contributed by atoms with Crippen molar-refractivity contribution in [2.75, 3.05) is 11.9 Å². The van der Waals surface area contributed by atoms with Crippen molar-refractivity contribution in [1.29, 1.82) is 0 Å². The molecule has 3 aromatic rings. The normalized spacial score (nSPS) is 11.4. The molecule has 0 fully saturated rings. The van der Waals surface area contributed by atoms with Crippen molar-refractivity contribution in [2.24, 2.45) is 0 Å². The van der Waals surface area contributed by atoms with Gasteiger partial charge in [-0.2, -0.15) is 13.2 Å². The minimum atomic E-state index is -4.51. The number of para-hydroxylation sites is 2. The second kappa shape index (κ2) is 9.75. The van der Waals surface area contributed by atoms with E-state index >= 15 is 0 Å². The maximum Gasteiger partial charge on any atom is 0.422 e. The third kappa shape index (κ3) is 6.84. The Morgan fingerprint density at radius 1 is 1.06 bits per heavy atom. The lowest BCUT2D eigenvalue weighted by Crippen LogP contribution is -2.20. The molecule has 0 aliphatic rings. The average Bonchev–Trinajstić information content (AvgIpc) is 2.73. The molecule has 0 aliphatic heterocycles. The summed E-state index contributed by atoms with van der Waals surface area (Å²) in [5, 5.41) is 2.43. The number of halogens is 4. The number of nitrogens with zero attached hydrogens (tertiary/aromatic N) is 1. The van der Waals surface area contributed by atoms with Crippen LogP contribution in [0.15, 0.2) is 73.1 Å². The fourth-order valence-corrected chi connectivity index (χ4v) is 2.44. The van der Waals surface area contributed by atoms with Gasteiger partial charge >= 0.3 is 6.18 Å². The Hall–Kier alpha value is -3.88. The van der Waals surface area contributed by atoms with Crippen molar-refractivity contribution in [2.45, 2.75) is 6.18 Å². The molecule has 0 spiro atoms. The van der Waals surface area contributed by atoms with Crippen molar-refractivity contribution in [3.8, 4) is 17.2 Å². The summed E-state index contributed by atoms with van der Waals surface area (Å²) in [6.45, 7) is -1.48. The molecule has 3 rings (SSSR count). The Kier molecular flexibility index (Phi) is 6.86. The van der Waals surface area contributed by atoms with E-state index in [9.17, 15) is 22.4 Å². The van der Waals surface area contributed by atoms with Gasteiger partial charge in [-0.25, -0.2) is 4.39 Å². The van der Waals surface area contributed by atoms with Gasteiger partial charge in [0, 0.05) is 12.3 Å². The third-order valence-corrected chi connectivity index (χ3v) is 3.78. The Morgan fingerprint density at radius 3 is 2.58 bits per heavy atom. The summed E-state index contributed by atoms with van der Waals surface area (Å²) in [6, 6.07) is 13.1. The zero-order valence-electron chi connectivity index (χ0n) is 15.9. The van der Waals surface area contributed by atoms with Gasteiger partial charge in [0.25, 0.3) is 0 Å². The summed E-state index contributed by atoms with van der Waals surface area (Å²) < 4.78 is 61.4. The van der Waals surface area contributed by atoms with Crippen LogP contribution in [0.3, 0.4) is 0 Å². The number of hydrogen-bond donors (Lipinski definition) is 1. The average molecular weight is 432 g/mol. The van der Waals surface area contributed by atoms with Crippen molar-refractivity contribution >= 4 is 17.7 Å². The number of nitrogens with one attached hydrogen (secondary N) is 1. The molecule has 1 N–H and O–H groups in total. The Morgan fingerprint density at radius 2 is 1.87 bits per heavy atom. The number of ether oxygens (including phenoxy) is 2. The largest absolute Gasteiger partial charge is 0.482 e. The molecule has 0 radical (unpaired) electrons. The van der Waals surface area contributed by atoms with E-state index in [4.69, 9.17) is 9.47 Å².